The summed E-state index contributed by atoms with van der Waals surface area (Å²) in [6, 6.07) is 10.9. The number of nitrogens with one attached hydrogen (secondary N) is 2. The van der Waals surface area contributed by atoms with Crippen molar-refractivity contribution in [2.45, 2.75) is 13.3 Å². The highest BCUT2D eigenvalue weighted by Crippen LogP contribution is 2.14. The third kappa shape index (κ3) is 3.28. The number of carbonyl (C=O) groups excluding carboxylic acids is 1. The Hall–Kier alpha value is -2.43. The van der Waals surface area contributed by atoms with Crippen molar-refractivity contribution >= 4 is 5.91 Å². The molecular formula is C14H15N3O2. The molecule has 19 heavy (non-hydrogen) atoms. The second-order valence-electron chi connectivity index (χ2n) is 4.11. The SMILES string of the molecule is CCCNC(=O)c1cc(-c2ccccc2)nc(=O)[nH]1. The van der Waals surface area contributed by atoms with Gasteiger partial charge in [0.1, 0.15) is 5.69 Å². The Kier molecular flexibility index (Phi) is 4.07. The molecule has 2 aromatic rings. The number of benzene rings is 1. The third-order valence-electron chi connectivity index (χ3n) is 2.59. The molecule has 1 aromatic carbocycles. The van der Waals surface area contributed by atoms with Gasteiger partial charge >= 0.3 is 5.69 Å². The lowest BCUT2D eigenvalue weighted by Crippen LogP contribution is -2.27. The van der Waals surface area contributed by atoms with Gasteiger partial charge in [0.15, 0.2) is 0 Å². The summed E-state index contributed by atoms with van der Waals surface area (Å²) >= 11 is 0. The Labute approximate surface area is 110 Å². The number of aromatic amines is 1. The molecule has 1 aromatic heterocycles. The molecule has 0 aliphatic carbocycles. The lowest BCUT2D eigenvalue weighted by molar-refractivity contribution is 0.0948. The minimum absolute atomic E-state index is 0.229. The second-order valence-corrected chi connectivity index (χ2v) is 4.11. The number of nitrogens with zero attached hydrogens (tertiary/aromatic N) is 1. The van der Waals surface area contributed by atoms with Gasteiger partial charge in [-0.05, 0) is 12.5 Å². The molecule has 0 spiro atoms. The van der Waals surface area contributed by atoms with Crippen LogP contribution in [0.2, 0.25) is 0 Å². The predicted molar refractivity (Wildman–Crippen MR) is 72.9 cm³/mol. The molecule has 1 amide bonds. The summed E-state index contributed by atoms with van der Waals surface area (Å²) in [7, 11) is 0. The highest BCUT2D eigenvalue weighted by atomic mass is 16.2. The largest absolute Gasteiger partial charge is 0.351 e. The molecule has 0 radical (unpaired) electrons. The number of rotatable bonds is 4. The summed E-state index contributed by atoms with van der Waals surface area (Å²) in [6.45, 7) is 2.54. The van der Waals surface area contributed by atoms with E-state index < -0.39 is 5.69 Å². The molecule has 2 N–H and O–H groups in total. The summed E-state index contributed by atoms with van der Waals surface area (Å²) in [5, 5.41) is 2.72. The van der Waals surface area contributed by atoms with E-state index in [1.165, 1.54) is 0 Å². The van der Waals surface area contributed by atoms with Gasteiger partial charge < -0.3 is 10.3 Å². The number of hydrogen-bond donors (Lipinski definition) is 2. The Morgan fingerprint density at radius 1 is 1.32 bits per heavy atom. The molecule has 98 valence electrons. The number of aromatic nitrogens is 2. The zero-order valence-corrected chi connectivity index (χ0v) is 10.6. The fourth-order valence-electron chi connectivity index (χ4n) is 1.67. The van der Waals surface area contributed by atoms with Crippen molar-refractivity contribution in [1.29, 1.82) is 0 Å². The molecule has 2 rings (SSSR count). The first-order valence-electron chi connectivity index (χ1n) is 6.15. The monoisotopic (exact) mass is 257 g/mol. The topological polar surface area (TPSA) is 74.8 Å². The lowest BCUT2D eigenvalue weighted by Gasteiger charge is -2.05. The van der Waals surface area contributed by atoms with Crippen molar-refractivity contribution in [3.8, 4) is 11.3 Å². The number of H-pyrrole nitrogens is 1. The van der Waals surface area contributed by atoms with E-state index in [1.54, 1.807) is 6.07 Å². The minimum atomic E-state index is -0.525. The van der Waals surface area contributed by atoms with E-state index in [0.29, 0.717) is 12.2 Å². The summed E-state index contributed by atoms with van der Waals surface area (Å²) in [5.41, 5.74) is 0.999. The van der Waals surface area contributed by atoms with Crippen LogP contribution >= 0.6 is 0 Å². The lowest BCUT2D eigenvalue weighted by atomic mass is 10.1. The van der Waals surface area contributed by atoms with Crippen LogP contribution in [0.1, 0.15) is 23.8 Å². The molecule has 0 bridgehead atoms. The first-order valence-corrected chi connectivity index (χ1v) is 6.15. The molecule has 0 saturated carbocycles. The fourth-order valence-corrected chi connectivity index (χ4v) is 1.67. The molecule has 0 aliphatic heterocycles. The Bertz CT molecular complexity index is 620. The number of carbonyl (C=O) groups is 1. The van der Waals surface area contributed by atoms with Crippen LogP contribution in [0, 0.1) is 0 Å². The van der Waals surface area contributed by atoms with Crippen LogP contribution in [0.15, 0.2) is 41.2 Å². The fraction of sp³-hybridized carbons (Fsp3) is 0.214. The van der Waals surface area contributed by atoms with Gasteiger partial charge in [-0.3, -0.25) is 4.79 Å². The number of amides is 1. The predicted octanol–water partition coefficient (Wildman–Crippen LogP) is 1.58. The van der Waals surface area contributed by atoms with E-state index in [4.69, 9.17) is 0 Å². The average molecular weight is 257 g/mol. The second kappa shape index (κ2) is 5.95. The average Bonchev–Trinajstić information content (AvgIpc) is 2.45. The maximum Gasteiger partial charge on any atom is 0.346 e. The smallest absolute Gasteiger partial charge is 0.346 e. The molecule has 5 nitrogen and oxygen atoms in total. The highest BCUT2D eigenvalue weighted by Gasteiger charge is 2.09. The zero-order valence-electron chi connectivity index (χ0n) is 10.6. The van der Waals surface area contributed by atoms with Gasteiger partial charge in [0.05, 0.1) is 5.69 Å². The van der Waals surface area contributed by atoms with Gasteiger partial charge in [-0.2, -0.15) is 4.98 Å². The van der Waals surface area contributed by atoms with E-state index in [-0.39, 0.29) is 11.6 Å². The summed E-state index contributed by atoms with van der Waals surface area (Å²) in [4.78, 5) is 29.7. The first kappa shape index (κ1) is 13.0. The van der Waals surface area contributed by atoms with Gasteiger partial charge in [-0.15, -0.1) is 0 Å². The molecule has 0 saturated heterocycles. The summed E-state index contributed by atoms with van der Waals surface area (Å²) < 4.78 is 0. The standard InChI is InChI=1S/C14H15N3O2/c1-2-8-15-13(18)12-9-11(16-14(19)17-12)10-6-4-3-5-7-10/h3-7,9H,2,8H2,1H3,(H,15,18)(H,16,17,19). The third-order valence-corrected chi connectivity index (χ3v) is 2.59. The van der Waals surface area contributed by atoms with Crippen molar-refractivity contribution in [3.63, 3.8) is 0 Å². The molecule has 0 unspecified atom stereocenters. The number of hydrogen-bond acceptors (Lipinski definition) is 3. The van der Waals surface area contributed by atoms with Gasteiger partial charge in [-0.1, -0.05) is 37.3 Å². The van der Waals surface area contributed by atoms with E-state index in [9.17, 15) is 9.59 Å². The van der Waals surface area contributed by atoms with Crippen LogP contribution in [0.4, 0.5) is 0 Å². The van der Waals surface area contributed by atoms with Crippen LogP contribution in [-0.4, -0.2) is 22.4 Å². The molecule has 0 aliphatic rings. The van der Waals surface area contributed by atoms with E-state index in [0.717, 1.165) is 12.0 Å². The van der Waals surface area contributed by atoms with Gasteiger partial charge in [0.2, 0.25) is 0 Å². The van der Waals surface area contributed by atoms with Crippen LogP contribution in [0.5, 0.6) is 0 Å². The van der Waals surface area contributed by atoms with E-state index in [1.807, 2.05) is 37.3 Å². The Morgan fingerprint density at radius 3 is 2.74 bits per heavy atom. The summed E-state index contributed by atoms with van der Waals surface area (Å²) in [6.07, 6.45) is 0.840. The Balaban J connectivity index is 2.35. The molecule has 0 atom stereocenters. The molecule has 5 heteroatoms. The maximum atomic E-state index is 11.8. The minimum Gasteiger partial charge on any atom is -0.351 e. The Morgan fingerprint density at radius 2 is 2.05 bits per heavy atom. The quantitative estimate of drug-likeness (QED) is 0.873. The molecular weight excluding hydrogens is 242 g/mol. The van der Waals surface area contributed by atoms with Crippen molar-refractivity contribution in [3.05, 3.63) is 52.6 Å². The van der Waals surface area contributed by atoms with Crippen molar-refractivity contribution in [2.75, 3.05) is 6.54 Å². The first-order chi connectivity index (χ1) is 9.20. The van der Waals surface area contributed by atoms with Crippen molar-refractivity contribution in [2.24, 2.45) is 0 Å². The van der Waals surface area contributed by atoms with Crippen LogP contribution < -0.4 is 11.0 Å². The van der Waals surface area contributed by atoms with Gasteiger partial charge in [-0.25, -0.2) is 4.79 Å². The van der Waals surface area contributed by atoms with Gasteiger partial charge in [0, 0.05) is 12.1 Å². The normalized spacial score (nSPS) is 10.2. The maximum absolute atomic E-state index is 11.8. The molecule has 1 heterocycles. The summed E-state index contributed by atoms with van der Waals surface area (Å²) in [5.74, 6) is -0.293. The zero-order chi connectivity index (χ0) is 13.7. The van der Waals surface area contributed by atoms with Gasteiger partial charge in [0.25, 0.3) is 5.91 Å². The van der Waals surface area contributed by atoms with Crippen LogP contribution in [0.3, 0.4) is 0 Å². The van der Waals surface area contributed by atoms with Crippen LogP contribution in [-0.2, 0) is 0 Å². The van der Waals surface area contributed by atoms with Crippen LogP contribution in [0.25, 0.3) is 11.3 Å². The highest BCUT2D eigenvalue weighted by molar-refractivity contribution is 5.93. The molecule has 0 fully saturated rings. The van der Waals surface area contributed by atoms with E-state index >= 15 is 0 Å². The van der Waals surface area contributed by atoms with Crippen molar-refractivity contribution < 1.29 is 4.79 Å². The van der Waals surface area contributed by atoms with Crippen molar-refractivity contribution in [1.82, 2.24) is 15.3 Å². The van der Waals surface area contributed by atoms with E-state index in [2.05, 4.69) is 15.3 Å².